The van der Waals surface area contributed by atoms with E-state index in [9.17, 15) is 14.4 Å². The van der Waals surface area contributed by atoms with Crippen LogP contribution >= 0.6 is 23.2 Å². The number of benzene rings is 2. The summed E-state index contributed by atoms with van der Waals surface area (Å²) in [6.45, 7) is 0.219. The molecule has 0 bridgehead atoms. The van der Waals surface area contributed by atoms with Crippen molar-refractivity contribution >= 4 is 40.0 Å². The number of fused-ring (bicyclic) bond motifs is 1. The highest BCUT2D eigenvalue weighted by Gasteiger charge is 2.18. The van der Waals surface area contributed by atoms with Crippen LogP contribution in [0.15, 0.2) is 58.1 Å². The predicted octanol–water partition coefficient (Wildman–Crippen LogP) is 3.33. The largest absolute Gasteiger partial charge is 0.491 e. The van der Waals surface area contributed by atoms with Gasteiger partial charge in [0.25, 0.3) is 17.3 Å². The van der Waals surface area contributed by atoms with Crippen molar-refractivity contribution in [3.05, 3.63) is 90.5 Å². The van der Waals surface area contributed by atoms with E-state index in [2.05, 4.69) is 15.3 Å². The molecule has 0 aliphatic heterocycles. The molecule has 2 aromatic carbocycles. The molecule has 0 saturated heterocycles. The molecule has 4 aromatic rings. The molecule has 0 unspecified atom stereocenters. The minimum Gasteiger partial charge on any atom is -0.491 e. The van der Waals surface area contributed by atoms with Crippen molar-refractivity contribution in [2.24, 2.45) is 0 Å². The zero-order valence-electron chi connectivity index (χ0n) is 18.0. The average Bonchev–Trinajstić information content (AvgIpc) is 2.82. The summed E-state index contributed by atoms with van der Waals surface area (Å²) in [4.78, 5) is 45.4. The van der Waals surface area contributed by atoms with Crippen molar-refractivity contribution in [2.75, 3.05) is 14.2 Å². The number of halogens is 2. The van der Waals surface area contributed by atoms with Gasteiger partial charge in [0.2, 0.25) is 0 Å². The van der Waals surface area contributed by atoms with Gasteiger partial charge in [-0.15, -0.1) is 0 Å². The van der Waals surface area contributed by atoms with E-state index in [0.29, 0.717) is 10.8 Å². The van der Waals surface area contributed by atoms with Crippen LogP contribution in [0.3, 0.4) is 0 Å². The molecule has 174 valence electrons. The lowest BCUT2D eigenvalue weighted by atomic mass is 10.1. The number of hydrogen-bond donors (Lipinski definition) is 2. The van der Waals surface area contributed by atoms with E-state index in [1.54, 1.807) is 18.2 Å². The summed E-state index contributed by atoms with van der Waals surface area (Å²) in [6.07, 6.45) is 0. The molecule has 0 fully saturated rings. The van der Waals surface area contributed by atoms with Crippen molar-refractivity contribution in [3.8, 4) is 17.4 Å². The molecule has 0 radical (unpaired) electrons. The number of nitrogens with one attached hydrogen (secondary N) is 2. The first-order valence-corrected chi connectivity index (χ1v) is 10.7. The van der Waals surface area contributed by atoms with Gasteiger partial charge in [0.05, 0.1) is 35.7 Å². The molecule has 4 rings (SSSR count). The van der Waals surface area contributed by atoms with Crippen LogP contribution < -0.4 is 26.0 Å². The Morgan fingerprint density at radius 3 is 2.59 bits per heavy atom. The Balaban J connectivity index is 1.72. The monoisotopic (exact) mass is 500 g/mol. The number of hydrogen-bond acceptors (Lipinski definition) is 6. The molecule has 11 heteroatoms. The number of carbonyl (C=O) groups is 1. The number of pyridine rings is 1. The Morgan fingerprint density at radius 2 is 1.88 bits per heavy atom. The molecule has 34 heavy (non-hydrogen) atoms. The van der Waals surface area contributed by atoms with Gasteiger partial charge in [-0.25, -0.2) is 9.36 Å². The van der Waals surface area contributed by atoms with E-state index in [4.69, 9.17) is 32.7 Å². The van der Waals surface area contributed by atoms with Gasteiger partial charge in [-0.3, -0.25) is 9.59 Å². The lowest BCUT2D eigenvalue weighted by molar-refractivity contribution is 0.0951. The zero-order chi connectivity index (χ0) is 24.4. The summed E-state index contributed by atoms with van der Waals surface area (Å²) in [7, 11) is 2.83. The second-order valence-electron chi connectivity index (χ2n) is 7.14. The molecule has 0 aliphatic rings. The second kappa shape index (κ2) is 9.58. The van der Waals surface area contributed by atoms with Gasteiger partial charge in [-0.1, -0.05) is 35.3 Å². The van der Waals surface area contributed by atoms with Crippen molar-refractivity contribution in [1.29, 1.82) is 0 Å². The van der Waals surface area contributed by atoms with Crippen LogP contribution in [0, 0.1) is 0 Å². The van der Waals surface area contributed by atoms with Gasteiger partial charge in [0.1, 0.15) is 5.82 Å². The summed E-state index contributed by atoms with van der Waals surface area (Å²) < 4.78 is 11.1. The van der Waals surface area contributed by atoms with E-state index in [1.165, 1.54) is 38.5 Å². The number of H-pyrrole nitrogens is 1. The Kier molecular flexibility index (Phi) is 6.58. The fourth-order valence-electron chi connectivity index (χ4n) is 3.39. The van der Waals surface area contributed by atoms with Crippen LogP contribution in [0.25, 0.3) is 16.7 Å². The van der Waals surface area contributed by atoms with Gasteiger partial charge >= 0.3 is 5.69 Å². The maximum Gasteiger partial charge on any atom is 0.334 e. The third kappa shape index (κ3) is 4.48. The number of aromatic amines is 1. The summed E-state index contributed by atoms with van der Waals surface area (Å²) in [5.74, 6) is 0.00728. The first-order chi connectivity index (χ1) is 16.3. The van der Waals surface area contributed by atoms with Crippen LogP contribution in [0.2, 0.25) is 10.0 Å². The fourth-order valence-corrected chi connectivity index (χ4v) is 3.85. The molecular formula is C23H18Cl2N4O5. The lowest BCUT2D eigenvalue weighted by Gasteiger charge is -2.11. The number of carbonyl (C=O) groups excluding carboxylic acids is 1. The van der Waals surface area contributed by atoms with E-state index >= 15 is 0 Å². The van der Waals surface area contributed by atoms with Crippen molar-refractivity contribution in [3.63, 3.8) is 0 Å². The molecule has 0 aliphatic carbocycles. The third-order valence-electron chi connectivity index (χ3n) is 5.03. The van der Waals surface area contributed by atoms with E-state index in [-0.39, 0.29) is 39.7 Å². The number of methoxy groups -OCH3 is 2. The van der Waals surface area contributed by atoms with Crippen molar-refractivity contribution in [1.82, 2.24) is 19.9 Å². The molecule has 2 heterocycles. The predicted molar refractivity (Wildman–Crippen MR) is 129 cm³/mol. The SMILES string of the molecule is COc1ccc(-n2c(=O)[nH]c3cc(C(=O)NCc4cccc(Cl)c4)c(Cl)cc3c2=O)nc1OC. The Bertz CT molecular complexity index is 1530. The molecule has 1 amide bonds. The molecule has 2 aromatic heterocycles. The normalized spacial score (nSPS) is 10.8. The number of rotatable bonds is 6. The molecule has 2 N–H and O–H groups in total. The van der Waals surface area contributed by atoms with Crippen molar-refractivity contribution < 1.29 is 14.3 Å². The number of aromatic nitrogens is 3. The van der Waals surface area contributed by atoms with Gasteiger partial charge in [0, 0.05) is 11.6 Å². The highest BCUT2D eigenvalue weighted by molar-refractivity contribution is 6.34. The molecule has 0 spiro atoms. The Hall–Kier alpha value is -3.82. The van der Waals surface area contributed by atoms with Gasteiger partial charge in [-0.2, -0.15) is 4.98 Å². The first kappa shape index (κ1) is 23.3. The first-order valence-electron chi connectivity index (χ1n) is 9.93. The molecular weight excluding hydrogens is 483 g/mol. The average molecular weight is 501 g/mol. The van der Waals surface area contributed by atoms with Crippen LogP contribution in [-0.2, 0) is 6.54 Å². The second-order valence-corrected chi connectivity index (χ2v) is 7.99. The summed E-state index contributed by atoms with van der Waals surface area (Å²) in [5, 5.41) is 3.45. The topological polar surface area (TPSA) is 115 Å². The summed E-state index contributed by atoms with van der Waals surface area (Å²) >= 11 is 12.3. The van der Waals surface area contributed by atoms with Crippen molar-refractivity contribution in [2.45, 2.75) is 6.54 Å². The fraction of sp³-hybridized carbons (Fsp3) is 0.130. The molecule has 9 nitrogen and oxygen atoms in total. The smallest absolute Gasteiger partial charge is 0.334 e. The zero-order valence-corrected chi connectivity index (χ0v) is 19.5. The van der Waals surface area contributed by atoms with E-state index in [0.717, 1.165) is 10.1 Å². The van der Waals surface area contributed by atoms with Crippen LogP contribution in [0.5, 0.6) is 11.6 Å². The van der Waals surface area contributed by atoms with E-state index < -0.39 is 17.2 Å². The van der Waals surface area contributed by atoms with Crippen LogP contribution in [0.4, 0.5) is 0 Å². The maximum atomic E-state index is 13.1. The Labute approximate surface area is 202 Å². The minimum absolute atomic E-state index is 0.0327. The van der Waals surface area contributed by atoms with Crippen LogP contribution in [0.1, 0.15) is 15.9 Å². The standard InChI is InChI=1S/C23H18Cl2N4O5/c1-33-18-6-7-19(28-21(18)34-2)29-22(31)15-9-16(25)14(10-17(15)27-23(29)32)20(30)26-11-12-4-3-5-13(24)8-12/h3-10H,11H2,1-2H3,(H,26,30)(H,27,32). The Morgan fingerprint density at radius 1 is 1.09 bits per heavy atom. The summed E-state index contributed by atoms with van der Waals surface area (Å²) in [6, 6.07) is 12.7. The van der Waals surface area contributed by atoms with E-state index in [1.807, 2.05) is 6.07 Å². The number of nitrogens with zero attached hydrogens (tertiary/aromatic N) is 2. The van der Waals surface area contributed by atoms with Gasteiger partial charge < -0.3 is 19.8 Å². The summed E-state index contributed by atoms with van der Waals surface area (Å²) in [5.41, 5.74) is -0.343. The quantitative estimate of drug-likeness (QED) is 0.419. The molecule has 0 atom stereocenters. The maximum absolute atomic E-state index is 13.1. The van der Waals surface area contributed by atoms with Gasteiger partial charge in [-0.05, 0) is 42.0 Å². The number of amides is 1. The third-order valence-corrected chi connectivity index (χ3v) is 5.57. The number of ether oxygens (including phenoxy) is 2. The highest BCUT2D eigenvalue weighted by Crippen LogP contribution is 2.25. The van der Waals surface area contributed by atoms with Crippen LogP contribution in [-0.4, -0.2) is 34.7 Å². The minimum atomic E-state index is -0.746. The highest BCUT2D eigenvalue weighted by atomic mass is 35.5. The van der Waals surface area contributed by atoms with Gasteiger partial charge in [0.15, 0.2) is 5.75 Å². The molecule has 0 saturated carbocycles. The lowest BCUT2D eigenvalue weighted by Crippen LogP contribution is -2.34.